The van der Waals surface area contributed by atoms with Gasteiger partial charge in [-0.1, -0.05) is 12.1 Å². The molecule has 20 heavy (non-hydrogen) atoms. The number of ether oxygens (including phenoxy) is 1. The molecule has 1 aromatic carbocycles. The molecule has 0 bridgehead atoms. The molecule has 2 aromatic rings. The van der Waals surface area contributed by atoms with Crippen molar-refractivity contribution in [1.29, 1.82) is 0 Å². The third-order valence-electron chi connectivity index (χ3n) is 4.06. The number of nitrogen functional groups attached to an aromatic ring is 1. The van der Waals surface area contributed by atoms with Gasteiger partial charge in [-0.25, -0.2) is 4.68 Å². The molecule has 0 amide bonds. The van der Waals surface area contributed by atoms with E-state index in [9.17, 15) is 0 Å². The van der Waals surface area contributed by atoms with Gasteiger partial charge in [-0.15, -0.1) is 5.10 Å². The van der Waals surface area contributed by atoms with E-state index in [2.05, 4.69) is 22.4 Å². The highest BCUT2D eigenvalue weighted by atomic mass is 16.5. The van der Waals surface area contributed by atoms with Crippen molar-refractivity contribution < 1.29 is 4.74 Å². The average Bonchev–Trinajstić information content (AvgIpc) is 3.11. The van der Waals surface area contributed by atoms with Gasteiger partial charge in [0.1, 0.15) is 0 Å². The molecule has 1 aromatic heterocycles. The number of nitrogens with two attached hydrogens (primary N) is 1. The zero-order chi connectivity index (χ0) is 14.1. The Labute approximate surface area is 117 Å². The van der Waals surface area contributed by atoms with Crippen molar-refractivity contribution in [3.8, 4) is 11.4 Å². The first-order valence-corrected chi connectivity index (χ1v) is 6.89. The van der Waals surface area contributed by atoms with Crippen molar-refractivity contribution in [2.45, 2.75) is 26.3 Å². The number of nitrogens with zero attached hydrogens (tertiary/aromatic N) is 4. The first-order valence-electron chi connectivity index (χ1n) is 6.89. The number of benzene rings is 1. The van der Waals surface area contributed by atoms with Gasteiger partial charge < -0.3 is 10.5 Å². The predicted octanol–water partition coefficient (Wildman–Crippen LogP) is 1.83. The lowest BCUT2D eigenvalue weighted by Crippen LogP contribution is -2.19. The van der Waals surface area contributed by atoms with Crippen LogP contribution in [-0.2, 0) is 4.74 Å². The van der Waals surface area contributed by atoms with Gasteiger partial charge >= 0.3 is 0 Å². The van der Waals surface area contributed by atoms with Gasteiger partial charge in [-0.3, -0.25) is 0 Å². The summed E-state index contributed by atoms with van der Waals surface area (Å²) in [5.74, 6) is 1.22. The number of hydrogen-bond acceptors (Lipinski definition) is 5. The van der Waals surface area contributed by atoms with E-state index >= 15 is 0 Å². The van der Waals surface area contributed by atoms with Crippen LogP contribution in [0, 0.1) is 12.8 Å². The summed E-state index contributed by atoms with van der Waals surface area (Å²) in [4.78, 5) is 0. The fourth-order valence-corrected chi connectivity index (χ4v) is 2.57. The second-order valence-corrected chi connectivity index (χ2v) is 5.38. The second-order valence-electron chi connectivity index (χ2n) is 5.38. The highest BCUT2D eigenvalue weighted by Gasteiger charge is 2.26. The van der Waals surface area contributed by atoms with Crippen LogP contribution in [0.5, 0.6) is 0 Å². The number of aromatic nitrogens is 4. The van der Waals surface area contributed by atoms with Crippen LogP contribution in [-0.4, -0.2) is 33.4 Å². The Hall–Kier alpha value is -1.95. The molecule has 0 radical (unpaired) electrons. The minimum Gasteiger partial charge on any atom is -0.398 e. The number of tetrazole rings is 1. The van der Waals surface area contributed by atoms with Crippen molar-refractivity contribution in [2.75, 3.05) is 18.9 Å². The van der Waals surface area contributed by atoms with Crippen LogP contribution in [0.3, 0.4) is 0 Å². The summed E-state index contributed by atoms with van der Waals surface area (Å²) in [6, 6.07) is 6.14. The molecule has 2 N–H and O–H groups in total. The molecule has 2 unspecified atom stereocenters. The molecule has 0 spiro atoms. The Kier molecular flexibility index (Phi) is 3.40. The number of hydrogen-bond donors (Lipinski definition) is 1. The van der Waals surface area contributed by atoms with Crippen LogP contribution < -0.4 is 5.73 Å². The molecule has 1 aliphatic heterocycles. The second kappa shape index (κ2) is 5.20. The standard InChI is InChI=1S/C14H19N5O/c1-9-3-4-11(7-13(9)15)14-16-17-18-19(14)10(2)12-5-6-20-8-12/h3-4,7,10,12H,5-6,8,15H2,1-2H3. The molecule has 106 valence electrons. The van der Waals surface area contributed by atoms with E-state index in [1.54, 1.807) is 0 Å². The van der Waals surface area contributed by atoms with E-state index in [1.807, 2.05) is 29.8 Å². The fraction of sp³-hybridized carbons (Fsp3) is 0.500. The van der Waals surface area contributed by atoms with Crippen molar-refractivity contribution in [2.24, 2.45) is 5.92 Å². The third kappa shape index (κ3) is 2.27. The first kappa shape index (κ1) is 13.1. The normalized spacial score (nSPS) is 20.2. The average molecular weight is 273 g/mol. The summed E-state index contributed by atoms with van der Waals surface area (Å²) in [7, 11) is 0. The van der Waals surface area contributed by atoms with Gasteiger partial charge in [0, 0.05) is 23.8 Å². The lowest BCUT2D eigenvalue weighted by molar-refractivity contribution is 0.173. The maximum absolute atomic E-state index is 5.98. The third-order valence-corrected chi connectivity index (χ3v) is 4.06. The number of aryl methyl sites for hydroxylation is 1. The molecule has 1 fully saturated rings. The van der Waals surface area contributed by atoms with Crippen molar-refractivity contribution in [3.05, 3.63) is 23.8 Å². The minimum atomic E-state index is 0.213. The topological polar surface area (TPSA) is 78.8 Å². The van der Waals surface area contributed by atoms with Crippen LogP contribution >= 0.6 is 0 Å². The molecule has 1 aliphatic rings. The Morgan fingerprint density at radius 2 is 2.30 bits per heavy atom. The number of rotatable bonds is 3. The highest BCUT2D eigenvalue weighted by molar-refractivity contribution is 5.63. The van der Waals surface area contributed by atoms with Crippen LogP contribution in [0.4, 0.5) is 5.69 Å². The van der Waals surface area contributed by atoms with Crippen LogP contribution in [0.25, 0.3) is 11.4 Å². The molecule has 6 nitrogen and oxygen atoms in total. The molecular weight excluding hydrogens is 254 g/mol. The van der Waals surface area contributed by atoms with Gasteiger partial charge in [0.2, 0.25) is 0 Å². The zero-order valence-electron chi connectivity index (χ0n) is 11.8. The van der Waals surface area contributed by atoms with Crippen molar-refractivity contribution >= 4 is 5.69 Å². The first-order chi connectivity index (χ1) is 9.66. The minimum absolute atomic E-state index is 0.213. The molecule has 0 saturated carbocycles. The van der Waals surface area contributed by atoms with E-state index in [-0.39, 0.29) is 6.04 Å². The zero-order valence-corrected chi connectivity index (χ0v) is 11.8. The molecular formula is C14H19N5O. The Balaban J connectivity index is 1.94. The summed E-state index contributed by atoms with van der Waals surface area (Å²) < 4.78 is 7.33. The summed E-state index contributed by atoms with van der Waals surface area (Å²) in [5.41, 5.74) is 8.74. The van der Waals surface area contributed by atoms with Crippen LogP contribution in [0.2, 0.25) is 0 Å². The molecule has 0 aliphatic carbocycles. The van der Waals surface area contributed by atoms with Gasteiger partial charge in [0.25, 0.3) is 0 Å². The van der Waals surface area contributed by atoms with E-state index in [1.165, 1.54) is 0 Å². The van der Waals surface area contributed by atoms with Crippen molar-refractivity contribution in [1.82, 2.24) is 20.2 Å². The Morgan fingerprint density at radius 1 is 1.45 bits per heavy atom. The molecule has 6 heteroatoms. The van der Waals surface area contributed by atoms with Gasteiger partial charge in [-0.2, -0.15) is 0 Å². The van der Waals surface area contributed by atoms with E-state index in [0.717, 1.165) is 42.3 Å². The molecule has 3 rings (SSSR count). The van der Waals surface area contributed by atoms with E-state index in [4.69, 9.17) is 10.5 Å². The summed E-state index contributed by atoms with van der Waals surface area (Å²) in [6.07, 6.45) is 1.05. The fourth-order valence-electron chi connectivity index (χ4n) is 2.57. The smallest absolute Gasteiger partial charge is 0.182 e. The quantitative estimate of drug-likeness (QED) is 0.863. The maximum atomic E-state index is 5.98. The maximum Gasteiger partial charge on any atom is 0.182 e. The SMILES string of the molecule is Cc1ccc(-c2nnnn2C(C)C2CCOC2)cc1N. The van der Waals surface area contributed by atoms with Gasteiger partial charge in [-0.05, 0) is 42.3 Å². The van der Waals surface area contributed by atoms with Gasteiger partial charge in [0.15, 0.2) is 5.82 Å². The van der Waals surface area contributed by atoms with Crippen LogP contribution in [0.15, 0.2) is 18.2 Å². The lowest BCUT2D eigenvalue weighted by Gasteiger charge is -2.18. The van der Waals surface area contributed by atoms with E-state index < -0.39 is 0 Å². The summed E-state index contributed by atoms with van der Waals surface area (Å²) in [6.45, 7) is 5.72. The molecule has 2 heterocycles. The van der Waals surface area contributed by atoms with Gasteiger partial charge in [0.05, 0.1) is 12.6 Å². The number of anilines is 1. The molecule has 2 atom stereocenters. The summed E-state index contributed by atoms with van der Waals surface area (Å²) in [5, 5.41) is 12.1. The van der Waals surface area contributed by atoms with E-state index in [0.29, 0.717) is 5.92 Å². The monoisotopic (exact) mass is 273 g/mol. The predicted molar refractivity (Wildman–Crippen MR) is 76.0 cm³/mol. The summed E-state index contributed by atoms with van der Waals surface area (Å²) >= 11 is 0. The lowest BCUT2D eigenvalue weighted by atomic mass is 10.0. The molecule has 1 saturated heterocycles. The van der Waals surface area contributed by atoms with Crippen molar-refractivity contribution in [3.63, 3.8) is 0 Å². The Bertz CT molecular complexity index is 603. The largest absolute Gasteiger partial charge is 0.398 e. The van der Waals surface area contributed by atoms with Crippen LogP contribution in [0.1, 0.15) is 24.9 Å². The Morgan fingerprint density at radius 3 is 3.00 bits per heavy atom. The highest BCUT2D eigenvalue weighted by Crippen LogP contribution is 2.29.